The molecule has 0 heterocycles. The van der Waals surface area contributed by atoms with Gasteiger partial charge in [-0.15, -0.1) is 0 Å². The van der Waals surface area contributed by atoms with Gasteiger partial charge >= 0.3 is 29.6 Å². The fraction of sp³-hybridized carbons (Fsp3) is 1.00. The Labute approximate surface area is 101 Å². The van der Waals surface area contributed by atoms with Crippen molar-refractivity contribution >= 4 is 42.0 Å². The van der Waals surface area contributed by atoms with Crippen molar-refractivity contribution in [1.29, 1.82) is 0 Å². The summed E-state index contributed by atoms with van der Waals surface area (Å²) in [6.07, 6.45) is 0. The molecule has 0 aromatic heterocycles. The summed E-state index contributed by atoms with van der Waals surface area (Å²) in [7, 11) is -3.81. The predicted molar refractivity (Wildman–Crippen MR) is 44.0 cm³/mol. The van der Waals surface area contributed by atoms with Gasteiger partial charge in [-0.05, 0) is 0 Å². The molecule has 3 nitrogen and oxygen atoms in total. The van der Waals surface area contributed by atoms with E-state index in [2.05, 4.69) is 31.9 Å². The van der Waals surface area contributed by atoms with Crippen molar-refractivity contribution in [1.82, 2.24) is 0 Å². The van der Waals surface area contributed by atoms with Gasteiger partial charge in [0.05, 0.1) is 5.75 Å². The molecule has 0 saturated carbocycles. The maximum absolute atomic E-state index is 10.1. The molecule has 0 radical (unpaired) electrons. The van der Waals surface area contributed by atoms with Gasteiger partial charge in [0.15, 0.2) is 0 Å². The van der Waals surface area contributed by atoms with Gasteiger partial charge in [-0.25, -0.2) is 0 Å². The smallest absolute Gasteiger partial charge is 1.00 e. The van der Waals surface area contributed by atoms with Crippen LogP contribution >= 0.6 is 31.9 Å². The molecule has 1 atom stereocenters. The Bertz CT molecular complexity index is 173. The van der Waals surface area contributed by atoms with Crippen LogP contribution in [0.15, 0.2) is 0 Å². The zero-order valence-electron chi connectivity index (χ0n) is 6.42. The summed E-state index contributed by atoms with van der Waals surface area (Å²) in [5, 5.41) is 0.507. The maximum Gasteiger partial charge on any atom is 1.00 e. The zero-order chi connectivity index (χ0) is 7.49. The summed E-state index contributed by atoms with van der Waals surface area (Å²) in [5.74, 6) is -0.252. The Hall–Kier alpha value is 1.87. The molecule has 7 heteroatoms. The van der Waals surface area contributed by atoms with E-state index in [0.29, 0.717) is 5.33 Å². The molecule has 10 heavy (non-hydrogen) atoms. The number of hydrogen-bond donors (Lipinski definition) is 1. The van der Waals surface area contributed by atoms with Crippen molar-refractivity contribution in [2.45, 2.75) is 4.83 Å². The van der Waals surface area contributed by atoms with Crippen molar-refractivity contribution in [3.63, 3.8) is 0 Å². The second-order valence-electron chi connectivity index (χ2n) is 1.50. The van der Waals surface area contributed by atoms with Gasteiger partial charge in [0.1, 0.15) is 0 Å². The Kier molecular flexibility index (Phi) is 9.20. The zero-order valence-corrected chi connectivity index (χ0v) is 11.4. The Balaban J connectivity index is -0.000000320. The SMILES string of the molecule is O=S(=O)(O)CC(Br)CBr.[H-].[Na+]. The van der Waals surface area contributed by atoms with Crippen LogP contribution in [0.3, 0.4) is 0 Å². The molecular formula is C3H7Br2NaO3S. The average molecular weight is 306 g/mol. The van der Waals surface area contributed by atoms with E-state index in [0.717, 1.165) is 0 Å². The van der Waals surface area contributed by atoms with Gasteiger partial charge in [0.25, 0.3) is 10.1 Å². The molecule has 0 aliphatic rings. The maximum atomic E-state index is 10.1. The molecule has 0 bridgehead atoms. The number of hydrogen-bond acceptors (Lipinski definition) is 2. The largest absolute Gasteiger partial charge is 1.00 e. The van der Waals surface area contributed by atoms with E-state index in [1.165, 1.54) is 0 Å². The van der Waals surface area contributed by atoms with Gasteiger partial charge < -0.3 is 1.43 Å². The Morgan fingerprint density at radius 1 is 1.60 bits per heavy atom. The topological polar surface area (TPSA) is 54.4 Å². The third-order valence-electron chi connectivity index (χ3n) is 0.559. The molecule has 58 valence electrons. The summed E-state index contributed by atoms with van der Waals surface area (Å²) in [6, 6.07) is 0. The van der Waals surface area contributed by atoms with Crippen LogP contribution in [-0.4, -0.2) is 28.9 Å². The molecule has 0 aromatic rings. The third-order valence-corrected chi connectivity index (χ3v) is 4.11. The fourth-order valence-corrected chi connectivity index (χ4v) is 2.38. The summed E-state index contributed by atoms with van der Waals surface area (Å²) >= 11 is 6.07. The van der Waals surface area contributed by atoms with Crippen LogP contribution in [0.1, 0.15) is 1.43 Å². The van der Waals surface area contributed by atoms with Crippen LogP contribution in [0.25, 0.3) is 0 Å². The predicted octanol–water partition coefficient (Wildman–Crippen LogP) is -1.85. The van der Waals surface area contributed by atoms with Crippen LogP contribution in [0.4, 0.5) is 0 Å². The second kappa shape index (κ2) is 6.39. The van der Waals surface area contributed by atoms with E-state index >= 15 is 0 Å². The molecule has 0 rings (SSSR count). The number of alkyl halides is 2. The van der Waals surface area contributed by atoms with Crippen LogP contribution in [0, 0.1) is 0 Å². The van der Waals surface area contributed by atoms with Crippen LogP contribution in [-0.2, 0) is 10.1 Å². The number of halogens is 2. The van der Waals surface area contributed by atoms with Gasteiger partial charge in [-0.1, -0.05) is 31.9 Å². The minimum Gasteiger partial charge on any atom is -1.00 e. The van der Waals surface area contributed by atoms with E-state index in [4.69, 9.17) is 4.55 Å². The number of rotatable bonds is 3. The summed E-state index contributed by atoms with van der Waals surface area (Å²) in [6.45, 7) is 0. The van der Waals surface area contributed by atoms with Crippen LogP contribution in [0.2, 0.25) is 0 Å². The van der Waals surface area contributed by atoms with E-state index in [9.17, 15) is 8.42 Å². The summed E-state index contributed by atoms with van der Waals surface area (Å²) in [5.41, 5.74) is 0. The van der Waals surface area contributed by atoms with E-state index < -0.39 is 10.1 Å². The van der Waals surface area contributed by atoms with Crippen molar-refractivity contribution in [3.8, 4) is 0 Å². The third kappa shape index (κ3) is 9.87. The Morgan fingerprint density at radius 3 is 2.10 bits per heavy atom. The molecule has 0 saturated heterocycles. The Morgan fingerprint density at radius 2 is 2.00 bits per heavy atom. The monoisotopic (exact) mass is 304 g/mol. The molecule has 1 N–H and O–H groups in total. The first-order chi connectivity index (χ1) is 3.95. The summed E-state index contributed by atoms with van der Waals surface area (Å²) in [4.78, 5) is -0.215. The fourth-order valence-electron chi connectivity index (χ4n) is 0.273. The van der Waals surface area contributed by atoms with Crippen LogP contribution in [0.5, 0.6) is 0 Å². The van der Waals surface area contributed by atoms with Crippen molar-refractivity contribution < 1.29 is 44.0 Å². The quantitative estimate of drug-likeness (QED) is 0.378. The van der Waals surface area contributed by atoms with Crippen molar-refractivity contribution in [2.24, 2.45) is 0 Å². The minimum atomic E-state index is -3.81. The molecule has 0 aliphatic carbocycles. The standard InChI is InChI=1S/C3H6Br2O3S.Na.H/c4-1-3(5)2-9(6,7)8;;/h3H,1-2H2,(H,6,7,8);;/q;+1;-1. The molecule has 0 fully saturated rings. The minimum absolute atomic E-state index is 0. The van der Waals surface area contributed by atoms with E-state index in [1.807, 2.05) is 0 Å². The molecule has 1 unspecified atom stereocenters. The van der Waals surface area contributed by atoms with E-state index in [-0.39, 0.29) is 41.6 Å². The van der Waals surface area contributed by atoms with Gasteiger partial charge in [0.2, 0.25) is 0 Å². The van der Waals surface area contributed by atoms with Gasteiger partial charge in [0, 0.05) is 10.2 Å². The summed E-state index contributed by atoms with van der Waals surface area (Å²) < 4.78 is 28.5. The van der Waals surface area contributed by atoms with Gasteiger partial charge in [-0.2, -0.15) is 8.42 Å². The average Bonchev–Trinajstić information content (AvgIpc) is 1.62. The molecule has 0 spiro atoms. The normalized spacial score (nSPS) is 13.9. The first-order valence-corrected chi connectivity index (χ1v) is 5.75. The second-order valence-corrected chi connectivity index (χ2v) is 4.94. The van der Waals surface area contributed by atoms with Crippen molar-refractivity contribution in [2.75, 3.05) is 11.1 Å². The first kappa shape index (κ1) is 14.4. The van der Waals surface area contributed by atoms with Crippen molar-refractivity contribution in [3.05, 3.63) is 0 Å². The molecule has 0 amide bonds. The molecule has 0 aliphatic heterocycles. The first-order valence-electron chi connectivity index (χ1n) is 2.11. The van der Waals surface area contributed by atoms with Crippen LogP contribution < -0.4 is 29.6 Å². The molecule has 0 aromatic carbocycles. The van der Waals surface area contributed by atoms with E-state index in [1.54, 1.807) is 0 Å². The molecular weight excluding hydrogens is 299 g/mol. The van der Waals surface area contributed by atoms with Gasteiger partial charge in [-0.3, -0.25) is 4.55 Å².